The van der Waals surface area contributed by atoms with Crippen LogP contribution in [-0.4, -0.2) is 32.5 Å². The number of nitrogens with one attached hydrogen (secondary N) is 2. The molecule has 0 radical (unpaired) electrons. The van der Waals surface area contributed by atoms with E-state index in [0.29, 0.717) is 17.7 Å². The van der Waals surface area contributed by atoms with Gasteiger partial charge in [0.2, 0.25) is 11.8 Å². The lowest BCUT2D eigenvalue weighted by Crippen LogP contribution is -2.27. The normalized spacial score (nSPS) is 11.0. The average Bonchev–Trinajstić information content (AvgIpc) is 2.62. The fraction of sp³-hybridized carbons (Fsp3) is 0.263. The summed E-state index contributed by atoms with van der Waals surface area (Å²) in [6, 6.07) is 12.0. The molecular weight excluding hydrogens is 371 g/mol. The van der Waals surface area contributed by atoms with Crippen LogP contribution >= 0.6 is 0 Å². The van der Waals surface area contributed by atoms with Crippen molar-refractivity contribution in [2.45, 2.75) is 24.7 Å². The van der Waals surface area contributed by atoms with E-state index in [1.54, 1.807) is 18.2 Å². The highest BCUT2D eigenvalue weighted by molar-refractivity contribution is 7.91. The first-order chi connectivity index (χ1) is 12.8. The maximum Gasteiger partial charge on any atom is 0.221 e. The van der Waals surface area contributed by atoms with E-state index in [1.165, 1.54) is 37.3 Å². The van der Waals surface area contributed by atoms with Crippen LogP contribution < -0.4 is 10.6 Å². The van der Waals surface area contributed by atoms with Gasteiger partial charge in [-0.05, 0) is 42.3 Å². The Morgan fingerprint density at radius 3 is 2.33 bits per heavy atom. The van der Waals surface area contributed by atoms with E-state index in [1.807, 2.05) is 0 Å². The van der Waals surface area contributed by atoms with Gasteiger partial charge in [-0.1, -0.05) is 18.2 Å². The molecule has 0 saturated carbocycles. The minimum atomic E-state index is -3.62. The monoisotopic (exact) mass is 392 g/mol. The molecule has 2 aromatic carbocycles. The molecule has 8 heteroatoms. The molecule has 2 amide bonds. The van der Waals surface area contributed by atoms with Crippen molar-refractivity contribution in [3.63, 3.8) is 0 Å². The van der Waals surface area contributed by atoms with Gasteiger partial charge in [0.25, 0.3) is 0 Å². The van der Waals surface area contributed by atoms with E-state index in [-0.39, 0.29) is 35.3 Å². The number of carbonyl (C=O) groups is 2. The number of hydrogen-bond donors (Lipinski definition) is 2. The minimum absolute atomic E-state index is 0.0794. The lowest BCUT2D eigenvalue weighted by atomic mass is 10.1. The molecule has 2 rings (SSSR count). The zero-order valence-electron chi connectivity index (χ0n) is 14.9. The number of benzene rings is 2. The number of amides is 2. The van der Waals surface area contributed by atoms with Crippen molar-refractivity contribution in [3.05, 3.63) is 59.9 Å². The van der Waals surface area contributed by atoms with E-state index in [4.69, 9.17) is 0 Å². The van der Waals surface area contributed by atoms with Gasteiger partial charge in [0.05, 0.1) is 10.6 Å². The smallest absolute Gasteiger partial charge is 0.221 e. The van der Waals surface area contributed by atoms with E-state index in [2.05, 4.69) is 10.6 Å². The lowest BCUT2D eigenvalue weighted by Gasteiger charge is -2.08. The highest BCUT2D eigenvalue weighted by Crippen LogP contribution is 2.16. The SMILES string of the molecule is CC(=O)Nc1ccc(S(=O)(=O)CCC(=O)NCCc2ccccc2F)cc1. The van der Waals surface area contributed by atoms with Gasteiger partial charge in [-0.3, -0.25) is 9.59 Å². The fourth-order valence-electron chi connectivity index (χ4n) is 2.42. The standard InChI is InChI=1S/C19H21FN2O4S/c1-14(23)22-16-6-8-17(9-7-16)27(25,26)13-11-19(24)21-12-10-15-4-2-3-5-18(15)20/h2-9H,10-13H2,1H3,(H,21,24)(H,22,23). The molecule has 2 aromatic rings. The number of halogens is 1. The van der Waals surface area contributed by atoms with Gasteiger partial charge in [0.1, 0.15) is 5.82 Å². The Kier molecular flexibility index (Phi) is 7.06. The van der Waals surface area contributed by atoms with Gasteiger partial charge in [0.15, 0.2) is 9.84 Å². The zero-order valence-corrected chi connectivity index (χ0v) is 15.7. The van der Waals surface area contributed by atoms with Gasteiger partial charge in [0, 0.05) is 25.6 Å². The van der Waals surface area contributed by atoms with E-state index in [9.17, 15) is 22.4 Å². The fourth-order valence-corrected chi connectivity index (χ4v) is 3.66. The van der Waals surface area contributed by atoms with Crippen molar-refractivity contribution in [1.82, 2.24) is 5.32 Å². The van der Waals surface area contributed by atoms with Crippen LogP contribution in [-0.2, 0) is 25.8 Å². The largest absolute Gasteiger partial charge is 0.356 e. The Hall–Kier alpha value is -2.74. The van der Waals surface area contributed by atoms with Crippen LogP contribution in [0.15, 0.2) is 53.4 Å². The molecule has 0 aliphatic heterocycles. The lowest BCUT2D eigenvalue weighted by molar-refractivity contribution is -0.120. The van der Waals surface area contributed by atoms with Crippen LogP contribution in [0.5, 0.6) is 0 Å². The van der Waals surface area contributed by atoms with Crippen molar-refractivity contribution < 1.29 is 22.4 Å². The second-order valence-corrected chi connectivity index (χ2v) is 8.07. The predicted molar refractivity (Wildman–Crippen MR) is 101 cm³/mol. The molecule has 27 heavy (non-hydrogen) atoms. The molecule has 0 fully saturated rings. The van der Waals surface area contributed by atoms with Gasteiger partial charge < -0.3 is 10.6 Å². The molecule has 0 heterocycles. The number of sulfone groups is 1. The third-order valence-corrected chi connectivity index (χ3v) is 5.54. The third kappa shape index (κ3) is 6.49. The van der Waals surface area contributed by atoms with Crippen LogP contribution in [0.1, 0.15) is 18.9 Å². The van der Waals surface area contributed by atoms with Gasteiger partial charge in [-0.2, -0.15) is 0 Å². The number of carbonyl (C=O) groups excluding carboxylic acids is 2. The molecular formula is C19H21FN2O4S. The first kappa shape index (κ1) is 20.6. The van der Waals surface area contributed by atoms with E-state index >= 15 is 0 Å². The minimum Gasteiger partial charge on any atom is -0.356 e. The highest BCUT2D eigenvalue weighted by Gasteiger charge is 2.16. The summed E-state index contributed by atoms with van der Waals surface area (Å²) in [5, 5.41) is 5.15. The Morgan fingerprint density at radius 1 is 1.04 bits per heavy atom. The molecule has 0 aromatic heterocycles. The summed E-state index contributed by atoms with van der Waals surface area (Å²) >= 11 is 0. The summed E-state index contributed by atoms with van der Waals surface area (Å²) in [5.74, 6) is -1.34. The summed E-state index contributed by atoms with van der Waals surface area (Å²) in [7, 11) is -3.62. The van der Waals surface area contributed by atoms with Crippen molar-refractivity contribution in [2.75, 3.05) is 17.6 Å². The Bertz CT molecular complexity index is 912. The van der Waals surface area contributed by atoms with Gasteiger partial charge in [-0.15, -0.1) is 0 Å². The summed E-state index contributed by atoms with van der Waals surface area (Å²) in [6.07, 6.45) is 0.142. The number of hydrogen-bond acceptors (Lipinski definition) is 4. The molecule has 0 bridgehead atoms. The first-order valence-electron chi connectivity index (χ1n) is 8.38. The Balaban J connectivity index is 1.82. The maximum absolute atomic E-state index is 13.5. The van der Waals surface area contributed by atoms with Crippen LogP contribution in [0.2, 0.25) is 0 Å². The van der Waals surface area contributed by atoms with Crippen molar-refractivity contribution >= 4 is 27.3 Å². The van der Waals surface area contributed by atoms with Gasteiger partial charge in [-0.25, -0.2) is 12.8 Å². The van der Waals surface area contributed by atoms with Crippen LogP contribution in [0.25, 0.3) is 0 Å². The van der Waals surface area contributed by atoms with Crippen LogP contribution in [0, 0.1) is 5.82 Å². The maximum atomic E-state index is 13.5. The molecule has 0 saturated heterocycles. The van der Waals surface area contributed by atoms with Crippen LogP contribution in [0.4, 0.5) is 10.1 Å². The first-order valence-corrected chi connectivity index (χ1v) is 10.0. The topological polar surface area (TPSA) is 92.3 Å². The van der Waals surface area contributed by atoms with E-state index in [0.717, 1.165) is 0 Å². The summed E-state index contributed by atoms with van der Waals surface area (Å²) < 4.78 is 38.1. The Morgan fingerprint density at radius 2 is 1.70 bits per heavy atom. The summed E-state index contributed by atoms with van der Waals surface area (Å²) in [5.41, 5.74) is 0.983. The highest BCUT2D eigenvalue weighted by atomic mass is 32.2. The van der Waals surface area contributed by atoms with Crippen molar-refractivity contribution in [1.29, 1.82) is 0 Å². The molecule has 6 nitrogen and oxygen atoms in total. The molecule has 0 unspecified atom stereocenters. The number of anilines is 1. The predicted octanol–water partition coefficient (Wildman–Crippen LogP) is 2.31. The molecule has 0 atom stereocenters. The Labute approximate surface area is 157 Å². The summed E-state index contributed by atoms with van der Waals surface area (Å²) in [4.78, 5) is 22.9. The quantitative estimate of drug-likeness (QED) is 0.721. The second kappa shape index (κ2) is 9.27. The van der Waals surface area contributed by atoms with Crippen molar-refractivity contribution in [3.8, 4) is 0 Å². The third-order valence-electron chi connectivity index (χ3n) is 3.81. The molecule has 0 spiro atoms. The van der Waals surface area contributed by atoms with Crippen LogP contribution in [0.3, 0.4) is 0 Å². The molecule has 0 aliphatic rings. The second-order valence-electron chi connectivity index (χ2n) is 5.97. The summed E-state index contributed by atoms with van der Waals surface area (Å²) in [6.45, 7) is 1.58. The van der Waals surface area contributed by atoms with E-state index < -0.39 is 15.7 Å². The van der Waals surface area contributed by atoms with Gasteiger partial charge >= 0.3 is 0 Å². The molecule has 144 valence electrons. The number of rotatable bonds is 8. The zero-order chi connectivity index (χ0) is 19.9. The molecule has 2 N–H and O–H groups in total. The molecule has 0 aliphatic carbocycles. The van der Waals surface area contributed by atoms with Crippen molar-refractivity contribution in [2.24, 2.45) is 0 Å². The average molecular weight is 392 g/mol.